The molecule has 102 valence electrons. The van der Waals surface area contributed by atoms with E-state index in [1.54, 1.807) is 0 Å². The van der Waals surface area contributed by atoms with Gasteiger partial charge < -0.3 is 4.90 Å². The van der Waals surface area contributed by atoms with E-state index in [1.165, 1.54) is 18.2 Å². The van der Waals surface area contributed by atoms with Crippen molar-refractivity contribution < 1.29 is 8.78 Å². The summed E-state index contributed by atoms with van der Waals surface area (Å²) >= 11 is 0. The number of hydrogen-bond donors (Lipinski definition) is 0. The molecule has 0 fully saturated rings. The van der Waals surface area contributed by atoms with E-state index in [0.29, 0.717) is 19.5 Å². The summed E-state index contributed by atoms with van der Waals surface area (Å²) in [5.74, 6) is -0.965. The summed E-state index contributed by atoms with van der Waals surface area (Å²) in [5.41, 5.74) is 2.05. The number of hydrogen-bond acceptors (Lipinski definition) is 2. The Kier molecular flexibility index (Phi) is 3.46. The predicted molar refractivity (Wildman–Crippen MR) is 76.9 cm³/mol. The molecule has 2 aromatic carbocycles. The van der Waals surface area contributed by atoms with Crippen LogP contribution in [0.2, 0.25) is 0 Å². The lowest BCUT2D eigenvalue weighted by Gasteiger charge is -2.27. The molecule has 1 aliphatic heterocycles. The van der Waals surface area contributed by atoms with Crippen molar-refractivity contribution in [3.8, 4) is 0 Å². The van der Waals surface area contributed by atoms with Crippen molar-refractivity contribution in [2.75, 3.05) is 18.0 Å². The van der Waals surface area contributed by atoms with Crippen LogP contribution in [-0.2, 0) is 6.42 Å². The fourth-order valence-corrected chi connectivity index (χ4v) is 2.41. The monoisotopic (exact) mass is 272 g/mol. The van der Waals surface area contributed by atoms with Crippen molar-refractivity contribution in [1.29, 1.82) is 0 Å². The standard InChI is InChI=1S/C16H14F2N2/c17-13-4-3-5-14(18)12(13)8-10-20-11-9-19-15-6-1-2-7-16(15)20/h1-7,9H,8,10-11H2. The number of para-hydroxylation sites is 2. The Morgan fingerprint density at radius 2 is 1.75 bits per heavy atom. The van der Waals surface area contributed by atoms with Crippen molar-refractivity contribution in [3.63, 3.8) is 0 Å². The van der Waals surface area contributed by atoms with Gasteiger partial charge in [-0.1, -0.05) is 18.2 Å². The SMILES string of the molecule is Fc1cccc(F)c1CCN1CC=Nc2ccccc21. The molecule has 0 unspecified atom stereocenters. The molecule has 1 heterocycles. The molecule has 0 saturated heterocycles. The molecule has 0 saturated carbocycles. The number of fused-ring (bicyclic) bond motifs is 1. The van der Waals surface area contributed by atoms with Gasteiger partial charge in [0.2, 0.25) is 0 Å². The summed E-state index contributed by atoms with van der Waals surface area (Å²) < 4.78 is 27.2. The summed E-state index contributed by atoms with van der Waals surface area (Å²) in [6.45, 7) is 1.22. The second kappa shape index (κ2) is 5.41. The molecule has 20 heavy (non-hydrogen) atoms. The van der Waals surface area contributed by atoms with Gasteiger partial charge in [-0.05, 0) is 30.7 Å². The Labute approximate surface area is 116 Å². The van der Waals surface area contributed by atoms with Gasteiger partial charge in [-0.25, -0.2) is 8.78 Å². The molecule has 0 aliphatic carbocycles. The molecule has 2 nitrogen and oxygen atoms in total. The van der Waals surface area contributed by atoms with E-state index in [9.17, 15) is 8.78 Å². The number of rotatable bonds is 3. The largest absolute Gasteiger partial charge is 0.364 e. The fraction of sp³-hybridized carbons (Fsp3) is 0.188. The van der Waals surface area contributed by atoms with Gasteiger partial charge in [0.15, 0.2) is 0 Å². The zero-order valence-corrected chi connectivity index (χ0v) is 10.9. The molecular formula is C16H14F2N2. The minimum absolute atomic E-state index is 0.146. The first-order valence-corrected chi connectivity index (χ1v) is 6.55. The van der Waals surface area contributed by atoms with Gasteiger partial charge in [-0.2, -0.15) is 0 Å². The Morgan fingerprint density at radius 1 is 1.00 bits per heavy atom. The molecule has 4 heteroatoms. The van der Waals surface area contributed by atoms with Crippen LogP contribution in [0.25, 0.3) is 0 Å². The Morgan fingerprint density at radius 3 is 2.55 bits per heavy atom. The van der Waals surface area contributed by atoms with E-state index in [2.05, 4.69) is 9.89 Å². The summed E-state index contributed by atoms with van der Waals surface area (Å²) in [6, 6.07) is 11.8. The van der Waals surface area contributed by atoms with Crippen LogP contribution in [0.4, 0.5) is 20.2 Å². The highest BCUT2D eigenvalue weighted by atomic mass is 19.1. The first kappa shape index (κ1) is 12.8. The summed E-state index contributed by atoms with van der Waals surface area (Å²) in [5, 5.41) is 0. The lowest BCUT2D eigenvalue weighted by molar-refractivity contribution is 0.554. The van der Waals surface area contributed by atoms with Crippen molar-refractivity contribution in [2.24, 2.45) is 4.99 Å². The summed E-state index contributed by atoms with van der Waals surface area (Å²) in [6.07, 6.45) is 2.15. The van der Waals surface area contributed by atoms with E-state index < -0.39 is 11.6 Å². The van der Waals surface area contributed by atoms with Crippen LogP contribution in [0.3, 0.4) is 0 Å². The predicted octanol–water partition coefficient (Wildman–Crippen LogP) is 3.73. The van der Waals surface area contributed by atoms with Gasteiger partial charge >= 0.3 is 0 Å². The first-order chi connectivity index (χ1) is 9.75. The normalized spacial score (nSPS) is 13.4. The zero-order valence-electron chi connectivity index (χ0n) is 10.9. The molecule has 0 bridgehead atoms. The highest BCUT2D eigenvalue weighted by Crippen LogP contribution is 2.30. The highest BCUT2D eigenvalue weighted by Gasteiger charge is 2.15. The third-order valence-corrected chi connectivity index (χ3v) is 3.45. The van der Waals surface area contributed by atoms with Crippen molar-refractivity contribution in [2.45, 2.75) is 6.42 Å². The summed E-state index contributed by atoms with van der Waals surface area (Å²) in [4.78, 5) is 6.40. The average Bonchev–Trinajstić information content (AvgIpc) is 2.47. The Hall–Kier alpha value is -2.23. The van der Waals surface area contributed by atoms with Crippen LogP contribution < -0.4 is 4.90 Å². The maximum atomic E-state index is 13.6. The van der Waals surface area contributed by atoms with E-state index in [4.69, 9.17) is 0 Å². The van der Waals surface area contributed by atoms with Gasteiger partial charge in [0.1, 0.15) is 11.6 Å². The quantitative estimate of drug-likeness (QED) is 0.831. The Balaban J connectivity index is 1.78. The van der Waals surface area contributed by atoms with Gasteiger partial charge in [0.05, 0.1) is 17.9 Å². The molecule has 0 atom stereocenters. The number of aliphatic imine (C=N–C) groups is 1. The second-order valence-electron chi connectivity index (χ2n) is 4.70. The van der Waals surface area contributed by atoms with Gasteiger partial charge in [0.25, 0.3) is 0 Å². The van der Waals surface area contributed by atoms with Crippen LogP contribution in [0.1, 0.15) is 5.56 Å². The smallest absolute Gasteiger partial charge is 0.129 e. The lowest BCUT2D eigenvalue weighted by Crippen LogP contribution is -2.30. The number of benzene rings is 2. The van der Waals surface area contributed by atoms with E-state index in [-0.39, 0.29) is 5.56 Å². The molecular weight excluding hydrogens is 258 g/mol. The molecule has 0 spiro atoms. The van der Waals surface area contributed by atoms with E-state index in [0.717, 1.165) is 11.4 Å². The van der Waals surface area contributed by atoms with Crippen molar-refractivity contribution >= 4 is 17.6 Å². The van der Waals surface area contributed by atoms with Crippen molar-refractivity contribution in [3.05, 3.63) is 59.7 Å². The second-order valence-corrected chi connectivity index (χ2v) is 4.70. The van der Waals surface area contributed by atoms with E-state index >= 15 is 0 Å². The van der Waals surface area contributed by atoms with Crippen LogP contribution in [0, 0.1) is 11.6 Å². The van der Waals surface area contributed by atoms with Crippen molar-refractivity contribution in [1.82, 2.24) is 0 Å². The topological polar surface area (TPSA) is 15.6 Å². The summed E-state index contributed by atoms with van der Waals surface area (Å²) in [7, 11) is 0. The average molecular weight is 272 g/mol. The first-order valence-electron chi connectivity index (χ1n) is 6.55. The molecule has 0 amide bonds. The van der Waals surface area contributed by atoms with Gasteiger partial charge in [0, 0.05) is 18.3 Å². The molecule has 0 radical (unpaired) electrons. The zero-order chi connectivity index (χ0) is 13.9. The van der Waals surface area contributed by atoms with Crippen LogP contribution in [-0.4, -0.2) is 19.3 Å². The maximum absolute atomic E-state index is 13.6. The maximum Gasteiger partial charge on any atom is 0.129 e. The van der Waals surface area contributed by atoms with Gasteiger partial charge in [-0.15, -0.1) is 0 Å². The molecule has 3 rings (SSSR count). The minimum Gasteiger partial charge on any atom is -0.364 e. The highest BCUT2D eigenvalue weighted by molar-refractivity contribution is 5.81. The fourth-order valence-electron chi connectivity index (χ4n) is 2.41. The Bertz CT molecular complexity index is 632. The minimum atomic E-state index is -0.482. The molecule has 0 aromatic heterocycles. The molecule has 0 N–H and O–H groups in total. The number of nitrogens with zero attached hydrogens (tertiary/aromatic N) is 2. The van der Waals surface area contributed by atoms with Gasteiger partial charge in [-0.3, -0.25) is 4.99 Å². The number of anilines is 1. The third kappa shape index (κ3) is 2.41. The lowest BCUT2D eigenvalue weighted by atomic mass is 10.1. The van der Waals surface area contributed by atoms with Crippen LogP contribution in [0.5, 0.6) is 0 Å². The number of halogens is 2. The van der Waals surface area contributed by atoms with E-state index in [1.807, 2.05) is 30.5 Å². The molecule has 1 aliphatic rings. The molecule has 2 aromatic rings. The van der Waals surface area contributed by atoms with Crippen LogP contribution >= 0.6 is 0 Å². The third-order valence-electron chi connectivity index (χ3n) is 3.45. The van der Waals surface area contributed by atoms with Crippen LogP contribution in [0.15, 0.2) is 47.5 Å².